The number of anilines is 1. The SMILES string of the molecule is N=C(N)N(C(=O)c1ccccc1)c1ccccc1N=C(N)N. The zero-order chi connectivity index (χ0) is 16.1. The Labute approximate surface area is 127 Å². The van der Waals surface area contributed by atoms with Crippen LogP contribution < -0.4 is 22.1 Å². The number of nitrogens with zero attached hydrogens (tertiary/aromatic N) is 2. The minimum absolute atomic E-state index is 0.150. The van der Waals surface area contributed by atoms with Gasteiger partial charge in [-0.05, 0) is 24.3 Å². The first kappa shape index (κ1) is 15.0. The maximum Gasteiger partial charge on any atom is 0.265 e. The summed E-state index contributed by atoms with van der Waals surface area (Å²) in [5.41, 5.74) is 17.5. The van der Waals surface area contributed by atoms with Crippen LogP contribution in [0.15, 0.2) is 59.6 Å². The lowest BCUT2D eigenvalue weighted by Crippen LogP contribution is -2.41. The number of guanidine groups is 2. The van der Waals surface area contributed by atoms with Gasteiger partial charge in [-0.15, -0.1) is 0 Å². The molecule has 0 unspecified atom stereocenters. The number of carbonyl (C=O) groups excluding carboxylic acids is 1. The summed E-state index contributed by atoms with van der Waals surface area (Å²) in [5.74, 6) is -1.01. The van der Waals surface area contributed by atoms with E-state index < -0.39 is 11.9 Å². The van der Waals surface area contributed by atoms with E-state index in [4.69, 9.17) is 22.6 Å². The van der Waals surface area contributed by atoms with Crippen molar-refractivity contribution in [3.8, 4) is 0 Å². The number of nitrogens with two attached hydrogens (primary N) is 3. The number of hydrogen-bond donors (Lipinski definition) is 4. The fraction of sp³-hybridized carbons (Fsp3) is 0. The predicted octanol–water partition coefficient (Wildman–Crippen LogP) is 1.13. The topological polar surface area (TPSA) is 135 Å². The normalized spacial score (nSPS) is 9.82. The Bertz CT molecular complexity index is 722. The van der Waals surface area contributed by atoms with Crippen molar-refractivity contribution >= 4 is 29.2 Å². The van der Waals surface area contributed by atoms with Gasteiger partial charge in [0, 0.05) is 5.56 Å². The molecule has 7 nitrogen and oxygen atoms in total. The van der Waals surface area contributed by atoms with Crippen molar-refractivity contribution < 1.29 is 4.79 Å². The molecule has 0 aliphatic heterocycles. The fourth-order valence-electron chi connectivity index (χ4n) is 1.95. The first-order chi connectivity index (χ1) is 10.5. The Kier molecular flexibility index (Phi) is 4.38. The number of carbonyl (C=O) groups is 1. The number of nitrogens with one attached hydrogen (secondary N) is 1. The molecule has 0 aliphatic carbocycles. The minimum Gasteiger partial charge on any atom is -0.370 e. The van der Waals surface area contributed by atoms with Crippen LogP contribution in [0.2, 0.25) is 0 Å². The summed E-state index contributed by atoms with van der Waals surface area (Å²) in [6.07, 6.45) is 0. The maximum absolute atomic E-state index is 12.6. The summed E-state index contributed by atoms with van der Waals surface area (Å²) in [6, 6.07) is 15.2. The number of amides is 1. The van der Waals surface area contributed by atoms with Gasteiger partial charge in [0.15, 0.2) is 11.9 Å². The predicted molar refractivity (Wildman–Crippen MR) is 87.1 cm³/mol. The van der Waals surface area contributed by atoms with Gasteiger partial charge in [0.1, 0.15) is 0 Å². The number of aliphatic imine (C=N–C) groups is 1. The quantitative estimate of drug-likeness (QED) is 0.498. The molecule has 0 heterocycles. The fourth-order valence-corrected chi connectivity index (χ4v) is 1.95. The Morgan fingerprint density at radius 1 is 0.955 bits per heavy atom. The zero-order valence-corrected chi connectivity index (χ0v) is 11.7. The molecule has 2 aromatic rings. The molecule has 2 aromatic carbocycles. The average Bonchev–Trinajstić information content (AvgIpc) is 2.49. The molecule has 0 aliphatic rings. The van der Waals surface area contributed by atoms with Crippen molar-refractivity contribution in [3.05, 3.63) is 60.2 Å². The van der Waals surface area contributed by atoms with E-state index in [1.807, 2.05) is 0 Å². The summed E-state index contributed by atoms with van der Waals surface area (Å²) < 4.78 is 0. The van der Waals surface area contributed by atoms with E-state index in [0.717, 1.165) is 4.90 Å². The summed E-state index contributed by atoms with van der Waals surface area (Å²) in [4.78, 5) is 17.6. The monoisotopic (exact) mass is 296 g/mol. The molecule has 0 fully saturated rings. The Hall–Kier alpha value is -3.35. The molecule has 112 valence electrons. The number of benzene rings is 2. The molecule has 0 atom stereocenters. The summed E-state index contributed by atoms with van der Waals surface area (Å²) in [6.45, 7) is 0. The second-order valence-electron chi connectivity index (χ2n) is 4.42. The van der Waals surface area contributed by atoms with E-state index >= 15 is 0 Å². The molecule has 1 amide bonds. The van der Waals surface area contributed by atoms with E-state index in [9.17, 15) is 4.79 Å². The molecule has 0 aromatic heterocycles. The molecular formula is C15H16N6O. The van der Waals surface area contributed by atoms with Crippen molar-refractivity contribution in [2.24, 2.45) is 22.2 Å². The lowest BCUT2D eigenvalue weighted by molar-refractivity contribution is 0.100. The van der Waals surface area contributed by atoms with Crippen LogP contribution in [0.5, 0.6) is 0 Å². The van der Waals surface area contributed by atoms with Gasteiger partial charge in [-0.3, -0.25) is 10.2 Å². The van der Waals surface area contributed by atoms with E-state index in [2.05, 4.69) is 4.99 Å². The van der Waals surface area contributed by atoms with Gasteiger partial charge in [0.2, 0.25) is 0 Å². The van der Waals surface area contributed by atoms with Crippen molar-refractivity contribution in [3.63, 3.8) is 0 Å². The van der Waals surface area contributed by atoms with Crippen LogP contribution >= 0.6 is 0 Å². The van der Waals surface area contributed by atoms with E-state index in [1.54, 1.807) is 54.6 Å². The molecule has 7 heteroatoms. The molecule has 0 saturated carbocycles. The van der Waals surface area contributed by atoms with Gasteiger partial charge < -0.3 is 17.2 Å². The third kappa shape index (κ3) is 3.21. The minimum atomic E-state index is -0.439. The number of para-hydroxylation sites is 2. The van der Waals surface area contributed by atoms with Crippen LogP contribution in [-0.2, 0) is 0 Å². The lowest BCUT2D eigenvalue weighted by atomic mass is 10.1. The highest BCUT2D eigenvalue weighted by molar-refractivity contribution is 6.22. The van der Waals surface area contributed by atoms with Gasteiger partial charge in [-0.2, -0.15) is 0 Å². The molecule has 0 radical (unpaired) electrons. The van der Waals surface area contributed by atoms with Crippen LogP contribution in [0, 0.1) is 5.41 Å². The molecular weight excluding hydrogens is 280 g/mol. The van der Waals surface area contributed by atoms with Crippen LogP contribution in [0.4, 0.5) is 11.4 Å². The smallest absolute Gasteiger partial charge is 0.265 e. The van der Waals surface area contributed by atoms with Gasteiger partial charge >= 0.3 is 0 Å². The van der Waals surface area contributed by atoms with Crippen molar-refractivity contribution in [1.82, 2.24) is 0 Å². The third-order valence-corrected chi connectivity index (χ3v) is 2.84. The van der Waals surface area contributed by atoms with Crippen LogP contribution in [0.3, 0.4) is 0 Å². The van der Waals surface area contributed by atoms with Gasteiger partial charge in [-0.25, -0.2) is 9.89 Å². The second-order valence-corrected chi connectivity index (χ2v) is 4.42. The Morgan fingerprint density at radius 3 is 2.14 bits per heavy atom. The summed E-state index contributed by atoms with van der Waals surface area (Å²) >= 11 is 0. The van der Waals surface area contributed by atoms with Crippen molar-refractivity contribution in [2.75, 3.05) is 4.90 Å². The van der Waals surface area contributed by atoms with Crippen LogP contribution in [0.1, 0.15) is 10.4 Å². The Balaban J connectivity index is 2.53. The van der Waals surface area contributed by atoms with Crippen LogP contribution in [0.25, 0.3) is 0 Å². The summed E-state index contributed by atoms with van der Waals surface area (Å²) in [7, 11) is 0. The van der Waals surface area contributed by atoms with Crippen molar-refractivity contribution in [2.45, 2.75) is 0 Å². The third-order valence-electron chi connectivity index (χ3n) is 2.84. The largest absolute Gasteiger partial charge is 0.370 e. The van der Waals surface area contributed by atoms with E-state index in [0.29, 0.717) is 16.9 Å². The summed E-state index contributed by atoms with van der Waals surface area (Å²) in [5, 5.41) is 7.72. The van der Waals surface area contributed by atoms with Gasteiger partial charge in [0.05, 0.1) is 11.4 Å². The standard InChI is InChI=1S/C15H16N6O/c16-14(17)20-11-8-4-5-9-12(11)21(15(18)19)13(22)10-6-2-1-3-7-10/h1-9H,(H3,18,19)(H4,16,17,20). The van der Waals surface area contributed by atoms with Crippen LogP contribution in [-0.4, -0.2) is 17.8 Å². The molecule has 2 rings (SSSR count). The van der Waals surface area contributed by atoms with E-state index in [1.165, 1.54) is 0 Å². The number of rotatable bonds is 3. The van der Waals surface area contributed by atoms with Crippen molar-refractivity contribution in [1.29, 1.82) is 5.41 Å². The zero-order valence-electron chi connectivity index (χ0n) is 11.7. The highest BCUT2D eigenvalue weighted by Gasteiger charge is 2.22. The molecule has 0 bridgehead atoms. The second kappa shape index (κ2) is 6.40. The molecule has 7 N–H and O–H groups in total. The number of hydrogen-bond acceptors (Lipinski definition) is 3. The van der Waals surface area contributed by atoms with E-state index in [-0.39, 0.29) is 5.96 Å². The lowest BCUT2D eigenvalue weighted by Gasteiger charge is -2.22. The first-order valence-corrected chi connectivity index (χ1v) is 6.43. The highest BCUT2D eigenvalue weighted by atomic mass is 16.2. The maximum atomic E-state index is 12.6. The molecule has 0 spiro atoms. The first-order valence-electron chi connectivity index (χ1n) is 6.43. The highest BCUT2D eigenvalue weighted by Crippen LogP contribution is 2.29. The van der Waals surface area contributed by atoms with Gasteiger partial charge in [0.25, 0.3) is 5.91 Å². The Morgan fingerprint density at radius 2 is 1.55 bits per heavy atom. The average molecular weight is 296 g/mol. The van der Waals surface area contributed by atoms with Gasteiger partial charge in [-0.1, -0.05) is 30.3 Å². The molecule has 0 saturated heterocycles. The molecule has 22 heavy (non-hydrogen) atoms.